The van der Waals surface area contributed by atoms with Crippen molar-refractivity contribution in [3.63, 3.8) is 0 Å². The lowest BCUT2D eigenvalue weighted by molar-refractivity contribution is -0.132. The van der Waals surface area contributed by atoms with Crippen LogP contribution in [0.4, 0.5) is 4.39 Å². The minimum Gasteiger partial charge on any atom is -0.340 e. The maximum absolute atomic E-state index is 13.4. The molecule has 0 bridgehead atoms. The maximum Gasteiger partial charge on any atom is 0.223 e. The van der Waals surface area contributed by atoms with Gasteiger partial charge in [-0.25, -0.2) is 4.39 Å². The molecular weight excluding hydrogens is 317 g/mol. The molecule has 0 radical (unpaired) electrons. The molecule has 5 heteroatoms. The van der Waals surface area contributed by atoms with Gasteiger partial charge in [0.1, 0.15) is 5.82 Å². The van der Waals surface area contributed by atoms with Crippen molar-refractivity contribution in [2.24, 2.45) is 0 Å². The molecule has 0 unspecified atom stereocenters. The molecule has 0 atom stereocenters. The minimum absolute atomic E-state index is 0.168. The summed E-state index contributed by atoms with van der Waals surface area (Å²) in [5.41, 5.74) is 1.04. The van der Waals surface area contributed by atoms with Gasteiger partial charge in [0.2, 0.25) is 5.91 Å². The van der Waals surface area contributed by atoms with E-state index in [1.807, 2.05) is 11.0 Å². The van der Waals surface area contributed by atoms with E-state index in [9.17, 15) is 9.18 Å². The topological polar surface area (TPSA) is 35.6 Å². The quantitative estimate of drug-likeness (QED) is 0.823. The number of halogens is 1. The van der Waals surface area contributed by atoms with Crippen molar-refractivity contribution in [2.75, 3.05) is 39.3 Å². The van der Waals surface area contributed by atoms with Crippen molar-refractivity contribution in [3.8, 4) is 0 Å². The third-order valence-corrected chi connectivity index (χ3v) is 5.50. The molecule has 1 aromatic rings. The summed E-state index contributed by atoms with van der Waals surface area (Å²) in [7, 11) is 0. The van der Waals surface area contributed by atoms with Gasteiger partial charge < -0.3 is 10.2 Å². The molecule has 2 aliphatic rings. The number of benzene rings is 1. The molecule has 1 aliphatic heterocycles. The monoisotopic (exact) mass is 347 g/mol. The van der Waals surface area contributed by atoms with Gasteiger partial charge in [0.15, 0.2) is 0 Å². The second-order valence-corrected chi connectivity index (χ2v) is 7.23. The zero-order valence-electron chi connectivity index (χ0n) is 15.1. The standard InChI is InChI=1S/C20H30FN3O/c21-18-5-3-4-17(16-18)8-12-23(19-6-1-2-7-19)13-9-20(25)24-14-10-22-11-15-24/h3-5,16,19,22H,1-2,6-15H2. The number of nitrogens with zero attached hydrogens (tertiary/aromatic N) is 2. The van der Waals surface area contributed by atoms with Crippen molar-refractivity contribution in [1.29, 1.82) is 0 Å². The van der Waals surface area contributed by atoms with Crippen molar-refractivity contribution >= 4 is 5.91 Å². The molecule has 0 spiro atoms. The minimum atomic E-state index is -0.168. The maximum atomic E-state index is 13.4. The molecule has 1 amide bonds. The van der Waals surface area contributed by atoms with E-state index < -0.39 is 0 Å². The Morgan fingerprint density at radius 1 is 1.20 bits per heavy atom. The van der Waals surface area contributed by atoms with Crippen LogP contribution < -0.4 is 5.32 Å². The third-order valence-electron chi connectivity index (χ3n) is 5.50. The Morgan fingerprint density at radius 3 is 2.68 bits per heavy atom. The lowest BCUT2D eigenvalue weighted by atomic mass is 10.1. The normalized spacial score (nSPS) is 18.9. The van der Waals surface area contributed by atoms with Crippen LogP contribution in [0.3, 0.4) is 0 Å². The number of carbonyl (C=O) groups is 1. The summed E-state index contributed by atoms with van der Waals surface area (Å²) in [6, 6.07) is 7.47. The van der Waals surface area contributed by atoms with Crippen LogP contribution in [0.1, 0.15) is 37.7 Å². The molecule has 1 aliphatic carbocycles. The van der Waals surface area contributed by atoms with Gasteiger partial charge in [-0.3, -0.25) is 9.69 Å². The number of hydrogen-bond donors (Lipinski definition) is 1. The molecule has 25 heavy (non-hydrogen) atoms. The highest BCUT2D eigenvalue weighted by Gasteiger charge is 2.24. The summed E-state index contributed by atoms with van der Waals surface area (Å²) in [4.78, 5) is 16.9. The second-order valence-electron chi connectivity index (χ2n) is 7.23. The molecule has 1 N–H and O–H groups in total. The number of rotatable bonds is 7. The van der Waals surface area contributed by atoms with Crippen LogP contribution in [0.5, 0.6) is 0 Å². The van der Waals surface area contributed by atoms with Gasteiger partial charge in [0.25, 0.3) is 0 Å². The van der Waals surface area contributed by atoms with E-state index in [1.54, 1.807) is 12.1 Å². The van der Waals surface area contributed by atoms with Crippen LogP contribution in [-0.4, -0.2) is 61.0 Å². The van der Waals surface area contributed by atoms with Gasteiger partial charge in [-0.05, 0) is 37.0 Å². The molecule has 3 rings (SSSR count). The van der Waals surface area contributed by atoms with Crippen molar-refractivity contribution in [1.82, 2.24) is 15.1 Å². The highest BCUT2D eigenvalue weighted by atomic mass is 19.1. The van der Waals surface area contributed by atoms with Gasteiger partial charge in [0.05, 0.1) is 0 Å². The van der Waals surface area contributed by atoms with Gasteiger partial charge in [-0.15, -0.1) is 0 Å². The Hall–Kier alpha value is -1.46. The Kier molecular flexibility index (Phi) is 6.82. The molecule has 2 fully saturated rings. The predicted octanol–water partition coefficient (Wildman–Crippen LogP) is 2.43. The largest absolute Gasteiger partial charge is 0.340 e. The Bertz CT molecular complexity index is 554. The summed E-state index contributed by atoms with van der Waals surface area (Å²) in [5.74, 6) is 0.106. The molecule has 4 nitrogen and oxygen atoms in total. The van der Waals surface area contributed by atoms with Crippen LogP contribution in [-0.2, 0) is 11.2 Å². The van der Waals surface area contributed by atoms with Gasteiger partial charge in [-0.1, -0.05) is 25.0 Å². The average molecular weight is 347 g/mol. The van der Waals surface area contributed by atoms with E-state index in [4.69, 9.17) is 0 Å². The van der Waals surface area contributed by atoms with Gasteiger partial charge >= 0.3 is 0 Å². The first-order valence-electron chi connectivity index (χ1n) is 9.69. The average Bonchev–Trinajstić information content (AvgIpc) is 3.17. The molecule has 1 heterocycles. The molecule has 1 saturated carbocycles. The first kappa shape index (κ1) is 18.3. The predicted molar refractivity (Wildman–Crippen MR) is 98.0 cm³/mol. The Morgan fingerprint density at radius 2 is 1.96 bits per heavy atom. The first-order chi connectivity index (χ1) is 12.2. The van der Waals surface area contributed by atoms with Crippen molar-refractivity contribution in [2.45, 2.75) is 44.6 Å². The van der Waals surface area contributed by atoms with Gasteiger partial charge in [0, 0.05) is 51.7 Å². The molecule has 0 aromatic heterocycles. The fourth-order valence-electron chi connectivity index (χ4n) is 4.02. The van der Waals surface area contributed by atoms with Crippen LogP contribution >= 0.6 is 0 Å². The lowest BCUT2D eigenvalue weighted by Gasteiger charge is -2.31. The van der Waals surface area contributed by atoms with E-state index in [2.05, 4.69) is 10.2 Å². The molecule has 1 saturated heterocycles. The molecule has 138 valence electrons. The highest BCUT2D eigenvalue weighted by Crippen LogP contribution is 2.24. The first-order valence-corrected chi connectivity index (χ1v) is 9.69. The SMILES string of the molecule is O=C(CCN(CCc1cccc(F)c1)C1CCCC1)N1CCNCC1. The number of hydrogen-bond acceptors (Lipinski definition) is 3. The zero-order chi connectivity index (χ0) is 17.5. The number of nitrogens with one attached hydrogen (secondary N) is 1. The smallest absolute Gasteiger partial charge is 0.223 e. The lowest BCUT2D eigenvalue weighted by Crippen LogP contribution is -2.47. The summed E-state index contributed by atoms with van der Waals surface area (Å²) >= 11 is 0. The Balaban J connectivity index is 1.52. The van der Waals surface area contributed by atoms with Crippen LogP contribution in [0.2, 0.25) is 0 Å². The van der Waals surface area contributed by atoms with Crippen LogP contribution in [0, 0.1) is 5.82 Å². The number of carbonyl (C=O) groups excluding carboxylic acids is 1. The fourth-order valence-corrected chi connectivity index (χ4v) is 4.02. The number of piperazine rings is 1. The summed E-state index contributed by atoms with van der Waals surface area (Å²) < 4.78 is 13.4. The molecule has 1 aromatic carbocycles. The van der Waals surface area contributed by atoms with E-state index in [0.717, 1.165) is 51.3 Å². The van der Waals surface area contributed by atoms with Crippen LogP contribution in [0.25, 0.3) is 0 Å². The van der Waals surface area contributed by atoms with Crippen molar-refractivity contribution < 1.29 is 9.18 Å². The summed E-state index contributed by atoms with van der Waals surface area (Å²) in [6.45, 7) is 5.18. The third kappa shape index (κ3) is 5.51. The highest BCUT2D eigenvalue weighted by molar-refractivity contribution is 5.76. The van der Waals surface area contributed by atoms with Crippen LogP contribution in [0.15, 0.2) is 24.3 Å². The van der Waals surface area contributed by atoms with Crippen molar-refractivity contribution in [3.05, 3.63) is 35.6 Å². The summed E-state index contributed by atoms with van der Waals surface area (Å²) in [6.07, 6.45) is 6.46. The Labute approximate surface area is 150 Å². The van der Waals surface area contributed by atoms with Gasteiger partial charge in [-0.2, -0.15) is 0 Å². The van der Waals surface area contributed by atoms with E-state index >= 15 is 0 Å². The number of amides is 1. The second kappa shape index (κ2) is 9.30. The fraction of sp³-hybridized carbons (Fsp3) is 0.650. The van der Waals surface area contributed by atoms with E-state index in [-0.39, 0.29) is 11.7 Å². The van der Waals surface area contributed by atoms with E-state index in [1.165, 1.54) is 31.7 Å². The molecular formula is C20H30FN3O. The zero-order valence-corrected chi connectivity index (χ0v) is 15.1. The summed E-state index contributed by atoms with van der Waals surface area (Å²) in [5, 5.41) is 3.29. The van der Waals surface area contributed by atoms with E-state index in [0.29, 0.717) is 12.5 Å².